The van der Waals surface area contributed by atoms with E-state index in [0.717, 1.165) is 39.8 Å². The fourth-order valence-electron chi connectivity index (χ4n) is 5.69. The minimum atomic E-state index is -0.936. The van der Waals surface area contributed by atoms with Crippen LogP contribution in [0.1, 0.15) is 34.8 Å². The zero-order chi connectivity index (χ0) is 32.1. The van der Waals surface area contributed by atoms with Crippen LogP contribution in [0.25, 0.3) is 10.8 Å². The van der Waals surface area contributed by atoms with E-state index in [4.69, 9.17) is 28.4 Å². The largest absolute Gasteiger partial charge is 0.494 e. The fourth-order valence-corrected chi connectivity index (χ4v) is 6.33. The molecule has 10 heteroatoms. The molecule has 9 nitrogen and oxygen atoms in total. The van der Waals surface area contributed by atoms with E-state index in [9.17, 15) is 9.90 Å². The van der Waals surface area contributed by atoms with Gasteiger partial charge in [-0.1, -0.05) is 54.6 Å². The van der Waals surface area contributed by atoms with E-state index >= 15 is 0 Å². The van der Waals surface area contributed by atoms with E-state index in [0.29, 0.717) is 46.0 Å². The zero-order valence-electron chi connectivity index (χ0n) is 26.5. The van der Waals surface area contributed by atoms with E-state index in [2.05, 4.69) is 29.6 Å². The Bertz CT molecular complexity index is 1500. The summed E-state index contributed by atoms with van der Waals surface area (Å²) in [6.45, 7) is 3.58. The number of carbonyl (C=O) groups is 1. The van der Waals surface area contributed by atoms with Gasteiger partial charge in [0.25, 0.3) is 0 Å². The number of carboxylic acid groups (broad SMARTS) is 1. The molecule has 0 radical (unpaired) electrons. The molecule has 3 atom stereocenters. The third-order valence-electron chi connectivity index (χ3n) is 8.18. The fraction of sp³-hybridized carbons (Fsp3) is 0.417. The van der Waals surface area contributed by atoms with Gasteiger partial charge in [-0.15, -0.1) is 11.3 Å². The average Bonchev–Trinajstić information content (AvgIpc) is 3.61. The van der Waals surface area contributed by atoms with Crippen LogP contribution in [0.2, 0.25) is 0 Å². The lowest BCUT2D eigenvalue weighted by molar-refractivity contribution is -0.0218. The highest BCUT2D eigenvalue weighted by Crippen LogP contribution is 2.35. The second-order valence-corrected chi connectivity index (χ2v) is 12.3. The van der Waals surface area contributed by atoms with Crippen LogP contribution in [0.15, 0.2) is 78.2 Å². The van der Waals surface area contributed by atoms with Gasteiger partial charge in [-0.3, -0.25) is 0 Å². The molecule has 46 heavy (non-hydrogen) atoms. The number of ether oxygens (including phenoxy) is 6. The summed E-state index contributed by atoms with van der Waals surface area (Å²) in [5, 5.41) is 13.9. The Morgan fingerprint density at radius 2 is 1.80 bits per heavy atom. The summed E-state index contributed by atoms with van der Waals surface area (Å²) < 4.78 is 35.4. The van der Waals surface area contributed by atoms with Crippen molar-refractivity contribution in [2.45, 2.75) is 44.2 Å². The summed E-state index contributed by atoms with van der Waals surface area (Å²) in [4.78, 5) is 14.6. The van der Waals surface area contributed by atoms with Crippen LogP contribution in [-0.4, -0.2) is 82.0 Å². The van der Waals surface area contributed by atoms with E-state index in [1.165, 1.54) is 9.78 Å². The molecule has 5 rings (SSSR count). The molecule has 1 fully saturated rings. The number of nitrogens with zero attached hydrogens (tertiary/aromatic N) is 1. The Kier molecular flexibility index (Phi) is 12.7. The summed E-state index contributed by atoms with van der Waals surface area (Å²) in [5.74, 6) is 1.56. The molecule has 0 bridgehead atoms. The first-order valence-corrected chi connectivity index (χ1v) is 16.5. The number of hydrogen-bond acceptors (Lipinski definition) is 8. The number of benzene rings is 3. The highest BCUT2D eigenvalue weighted by atomic mass is 32.1. The van der Waals surface area contributed by atoms with Crippen LogP contribution in [0.3, 0.4) is 0 Å². The molecule has 1 saturated heterocycles. The summed E-state index contributed by atoms with van der Waals surface area (Å²) in [6.07, 6.45) is -0.0336. The number of methoxy groups -OCH3 is 2. The normalized spacial score (nSPS) is 17.2. The first-order chi connectivity index (χ1) is 22.6. The van der Waals surface area contributed by atoms with Gasteiger partial charge in [0.2, 0.25) is 0 Å². The van der Waals surface area contributed by atoms with Crippen molar-refractivity contribution in [1.82, 2.24) is 4.90 Å². The monoisotopic (exact) mass is 649 g/mol. The molecule has 1 N–H and O–H groups in total. The SMILES string of the molecule is COCC(COc1c(COC2CN(C(=O)O)CCC2c2ccc(OCCCOCc3cccs3)cc2)ccc2ccccc12)OC. The average molecular weight is 650 g/mol. The van der Waals surface area contributed by atoms with Crippen molar-refractivity contribution in [1.29, 1.82) is 0 Å². The molecule has 1 aliphatic heterocycles. The third-order valence-corrected chi connectivity index (χ3v) is 9.03. The predicted molar refractivity (Wildman–Crippen MR) is 178 cm³/mol. The summed E-state index contributed by atoms with van der Waals surface area (Å²) in [7, 11) is 3.27. The van der Waals surface area contributed by atoms with Crippen molar-refractivity contribution < 1.29 is 38.3 Å². The summed E-state index contributed by atoms with van der Waals surface area (Å²) in [6, 6.07) is 24.3. The molecule has 0 saturated carbocycles. The molecule has 3 unspecified atom stereocenters. The molecule has 2 heterocycles. The molecule has 0 spiro atoms. The van der Waals surface area contributed by atoms with Crippen molar-refractivity contribution in [3.05, 3.63) is 94.2 Å². The molecule has 4 aromatic rings. The Labute approximate surface area is 274 Å². The lowest BCUT2D eigenvalue weighted by Crippen LogP contribution is -2.46. The van der Waals surface area contributed by atoms with E-state index in [1.54, 1.807) is 25.6 Å². The summed E-state index contributed by atoms with van der Waals surface area (Å²) in [5.41, 5.74) is 1.99. The van der Waals surface area contributed by atoms with Crippen molar-refractivity contribution in [2.24, 2.45) is 0 Å². The Morgan fingerprint density at radius 3 is 2.57 bits per heavy atom. The number of amides is 1. The van der Waals surface area contributed by atoms with Crippen molar-refractivity contribution in [3.63, 3.8) is 0 Å². The first-order valence-electron chi connectivity index (χ1n) is 15.6. The second kappa shape index (κ2) is 17.3. The van der Waals surface area contributed by atoms with Crippen LogP contribution in [0, 0.1) is 0 Å². The van der Waals surface area contributed by atoms with Gasteiger partial charge in [0.15, 0.2) is 0 Å². The number of thiophene rings is 1. The van der Waals surface area contributed by atoms with Crippen LogP contribution in [0.4, 0.5) is 4.79 Å². The van der Waals surface area contributed by atoms with Gasteiger partial charge in [0, 0.05) is 48.9 Å². The Balaban J connectivity index is 1.23. The third kappa shape index (κ3) is 9.20. The van der Waals surface area contributed by atoms with Gasteiger partial charge in [-0.2, -0.15) is 0 Å². The number of hydrogen-bond donors (Lipinski definition) is 1. The maximum absolute atomic E-state index is 11.9. The topological polar surface area (TPSA) is 95.9 Å². The zero-order valence-corrected chi connectivity index (χ0v) is 27.3. The molecular weight excluding hydrogens is 606 g/mol. The molecule has 0 aliphatic carbocycles. The standard InChI is InChI=1S/C36H43NO8S/c1-40-23-30(41-2)24-45-35-28(11-10-26-7-3-4-9-33(26)35)22-44-34-21-37(36(38)39)17-16-32(34)27-12-14-29(15-13-27)43-19-6-18-42-25-31-8-5-20-46-31/h3-5,7-15,20,30,32,34H,6,16-19,21-25H2,1-2H3,(H,38,39). The minimum absolute atomic E-state index is 0.0275. The maximum atomic E-state index is 11.9. The van der Waals surface area contributed by atoms with Crippen molar-refractivity contribution in [3.8, 4) is 11.5 Å². The van der Waals surface area contributed by atoms with Crippen LogP contribution >= 0.6 is 11.3 Å². The Morgan fingerprint density at radius 1 is 0.957 bits per heavy atom. The van der Waals surface area contributed by atoms with Gasteiger partial charge in [-0.25, -0.2) is 4.79 Å². The lowest BCUT2D eigenvalue weighted by Gasteiger charge is -2.37. The maximum Gasteiger partial charge on any atom is 0.407 e. The van der Waals surface area contributed by atoms with E-state index in [1.807, 2.05) is 48.5 Å². The highest BCUT2D eigenvalue weighted by molar-refractivity contribution is 7.09. The number of piperidine rings is 1. The molecule has 1 aromatic heterocycles. The molecule has 1 amide bonds. The second-order valence-electron chi connectivity index (χ2n) is 11.3. The van der Waals surface area contributed by atoms with E-state index < -0.39 is 6.09 Å². The predicted octanol–water partition coefficient (Wildman–Crippen LogP) is 6.98. The molecule has 1 aliphatic rings. The first kappa shape index (κ1) is 33.7. The van der Waals surface area contributed by atoms with Crippen molar-refractivity contribution >= 4 is 28.2 Å². The molecule has 246 valence electrons. The van der Waals surface area contributed by atoms with Gasteiger partial charge in [0.1, 0.15) is 24.2 Å². The number of fused-ring (bicyclic) bond motifs is 1. The van der Waals surface area contributed by atoms with Crippen molar-refractivity contribution in [2.75, 3.05) is 53.7 Å². The van der Waals surface area contributed by atoms with Gasteiger partial charge < -0.3 is 38.4 Å². The number of likely N-dealkylation sites (tertiary alicyclic amines) is 1. The smallest absolute Gasteiger partial charge is 0.407 e. The lowest BCUT2D eigenvalue weighted by atomic mass is 9.87. The minimum Gasteiger partial charge on any atom is -0.494 e. The van der Waals surface area contributed by atoms with Crippen LogP contribution < -0.4 is 9.47 Å². The number of rotatable bonds is 17. The quantitative estimate of drug-likeness (QED) is 0.123. The van der Waals surface area contributed by atoms with Gasteiger partial charge >= 0.3 is 6.09 Å². The Hall–Kier alpha value is -3.67. The van der Waals surface area contributed by atoms with Crippen LogP contribution in [0.5, 0.6) is 11.5 Å². The molecular formula is C36H43NO8S. The van der Waals surface area contributed by atoms with Crippen LogP contribution in [-0.2, 0) is 32.2 Å². The summed E-state index contributed by atoms with van der Waals surface area (Å²) >= 11 is 1.70. The van der Waals surface area contributed by atoms with E-state index in [-0.39, 0.29) is 31.3 Å². The van der Waals surface area contributed by atoms with Gasteiger partial charge in [0.05, 0.1) is 45.7 Å². The molecule has 3 aromatic carbocycles. The van der Waals surface area contributed by atoms with Gasteiger partial charge in [-0.05, 0) is 40.9 Å². The highest BCUT2D eigenvalue weighted by Gasteiger charge is 2.33.